The predicted octanol–water partition coefficient (Wildman–Crippen LogP) is 4.73. The van der Waals surface area contributed by atoms with E-state index in [-0.39, 0.29) is 12.2 Å². The molecule has 0 unspecified atom stereocenters. The first-order valence-corrected chi connectivity index (χ1v) is 10.0. The maximum atomic E-state index is 13.2. The third kappa shape index (κ3) is 3.86. The summed E-state index contributed by atoms with van der Waals surface area (Å²) in [6.07, 6.45) is 1.39. The average molecular weight is 400 g/mol. The molecular weight excluding hydrogens is 376 g/mol. The lowest BCUT2D eigenvalue weighted by Gasteiger charge is -2.23. The van der Waals surface area contributed by atoms with Gasteiger partial charge in [0.15, 0.2) is 5.78 Å². The van der Waals surface area contributed by atoms with E-state index in [0.29, 0.717) is 24.8 Å². The molecule has 1 aliphatic carbocycles. The molecule has 30 heavy (non-hydrogen) atoms. The van der Waals surface area contributed by atoms with Gasteiger partial charge in [0.1, 0.15) is 5.75 Å². The van der Waals surface area contributed by atoms with Crippen LogP contribution in [0, 0.1) is 5.41 Å². The number of carbonyl (C=O) groups is 2. The number of ether oxygens (including phenoxy) is 1. The second kappa shape index (κ2) is 8.15. The second-order valence-electron chi connectivity index (χ2n) is 8.00. The summed E-state index contributed by atoms with van der Waals surface area (Å²) in [5.74, 6) is -0.344. The molecular formula is C26H24O4. The van der Waals surface area contributed by atoms with Gasteiger partial charge >= 0.3 is 5.97 Å². The molecule has 3 aromatic rings. The van der Waals surface area contributed by atoms with Crippen LogP contribution >= 0.6 is 0 Å². The Kier molecular flexibility index (Phi) is 5.40. The first kappa shape index (κ1) is 19.9. The molecule has 3 aromatic carbocycles. The Labute approximate surface area is 176 Å². The van der Waals surface area contributed by atoms with Crippen molar-refractivity contribution in [3.63, 3.8) is 0 Å². The zero-order valence-corrected chi connectivity index (χ0v) is 16.9. The van der Waals surface area contributed by atoms with E-state index in [9.17, 15) is 14.7 Å². The van der Waals surface area contributed by atoms with Crippen molar-refractivity contribution in [1.29, 1.82) is 0 Å². The molecule has 152 valence electrons. The maximum Gasteiger partial charge on any atom is 0.310 e. The lowest BCUT2D eigenvalue weighted by atomic mass is 9.78. The fourth-order valence-corrected chi connectivity index (χ4v) is 4.36. The molecule has 0 saturated heterocycles. The Balaban J connectivity index is 1.60. The van der Waals surface area contributed by atoms with Crippen molar-refractivity contribution in [2.75, 3.05) is 7.11 Å². The maximum absolute atomic E-state index is 13.2. The van der Waals surface area contributed by atoms with Gasteiger partial charge in [-0.2, -0.15) is 0 Å². The van der Waals surface area contributed by atoms with Crippen LogP contribution < -0.4 is 4.74 Å². The molecule has 0 aromatic heterocycles. The smallest absolute Gasteiger partial charge is 0.310 e. The number of fused-ring (bicyclic) bond motifs is 1. The van der Waals surface area contributed by atoms with Gasteiger partial charge in [-0.1, -0.05) is 54.6 Å². The summed E-state index contributed by atoms with van der Waals surface area (Å²) >= 11 is 0. The zero-order valence-electron chi connectivity index (χ0n) is 16.9. The van der Waals surface area contributed by atoms with Gasteiger partial charge in [-0.15, -0.1) is 0 Å². The van der Waals surface area contributed by atoms with Crippen LogP contribution in [0.15, 0.2) is 72.8 Å². The van der Waals surface area contributed by atoms with Gasteiger partial charge in [-0.25, -0.2) is 0 Å². The van der Waals surface area contributed by atoms with Crippen LogP contribution in [0.3, 0.4) is 0 Å². The third-order valence-corrected chi connectivity index (χ3v) is 5.97. The number of carboxylic acids is 1. The highest BCUT2D eigenvalue weighted by molar-refractivity contribution is 5.99. The summed E-state index contributed by atoms with van der Waals surface area (Å²) in [7, 11) is 1.61. The Morgan fingerprint density at radius 2 is 1.57 bits per heavy atom. The number of carbonyl (C=O) groups excluding carboxylic acids is 1. The number of methoxy groups -OCH3 is 1. The van der Waals surface area contributed by atoms with E-state index in [1.165, 1.54) is 0 Å². The van der Waals surface area contributed by atoms with Crippen LogP contribution in [-0.4, -0.2) is 24.0 Å². The Morgan fingerprint density at radius 1 is 0.933 bits per heavy atom. The van der Waals surface area contributed by atoms with Gasteiger partial charge in [-0.05, 0) is 53.3 Å². The predicted molar refractivity (Wildman–Crippen MR) is 115 cm³/mol. The molecule has 0 spiro atoms. The molecule has 1 N–H and O–H groups in total. The molecule has 4 nitrogen and oxygen atoms in total. The number of aliphatic carboxylic acids is 1. The standard InChI is InChI=1S/C26H24O4/c1-30-24-12-11-19(14-22(24)13-18-7-3-2-4-8-18)23(27)17-26(25(28)29)15-20-9-5-6-10-21(20)16-26/h2-12,14H,13,15-17H2,1H3,(H,28,29). The lowest BCUT2D eigenvalue weighted by Crippen LogP contribution is -2.34. The fourth-order valence-electron chi connectivity index (χ4n) is 4.36. The highest BCUT2D eigenvalue weighted by atomic mass is 16.5. The van der Waals surface area contributed by atoms with Gasteiger partial charge in [0, 0.05) is 18.4 Å². The first-order valence-electron chi connectivity index (χ1n) is 10.0. The van der Waals surface area contributed by atoms with Gasteiger partial charge < -0.3 is 9.84 Å². The minimum Gasteiger partial charge on any atom is -0.496 e. The van der Waals surface area contributed by atoms with Crippen LogP contribution in [0.1, 0.15) is 39.0 Å². The van der Waals surface area contributed by atoms with Crippen molar-refractivity contribution < 1.29 is 19.4 Å². The summed E-state index contributed by atoms with van der Waals surface area (Å²) in [5.41, 5.74) is 3.51. The molecule has 0 saturated carbocycles. The molecule has 0 fully saturated rings. The largest absolute Gasteiger partial charge is 0.496 e. The van der Waals surface area contributed by atoms with Crippen LogP contribution in [0.25, 0.3) is 0 Å². The number of hydrogen-bond acceptors (Lipinski definition) is 3. The molecule has 0 aliphatic heterocycles. The summed E-state index contributed by atoms with van der Waals surface area (Å²) in [6, 6.07) is 23.1. The topological polar surface area (TPSA) is 63.6 Å². The normalized spacial score (nSPS) is 14.2. The molecule has 4 heteroatoms. The van der Waals surface area contributed by atoms with E-state index in [4.69, 9.17) is 4.74 Å². The van der Waals surface area contributed by atoms with Crippen LogP contribution in [0.2, 0.25) is 0 Å². The first-order chi connectivity index (χ1) is 14.5. The average Bonchev–Trinajstić information content (AvgIpc) is 3.14. The quantitative estimate of drug-likeness (QED) is 0.583. The van der Waals surface area contributed by atoms with E-state index in [2.05, 4.69) is 0 Å². The molecule has 0 radical (unpaired) electrons. The molecule has 0 atom stereocenters. The zero-order chi connectivity index (χ0) is 21.1. The summed E-state index contributed by atoms with van der Waals surface area (Å²) in [6.45, 7) is 0. The molecule has 0 bridgehead atoms. The van der Waals surface area contributed by atoms with Crippen molar-refractivity contribution in [3.05, 3.63) is 101 Å². The van der Waals surface area contributed by atoms with Gasteiger partial charge in [0.25, 0.3) is 0 Å². The van der Waals surface area contributed by atoms with Crippen LogP contribution in [-0.2, 0) is 24.1 Å². The monoisotopic (exact) mass is 400 g/mol. The Morgan fingerprint density at radius 3 is 2.17 bits per heavy atom. The van der Waals surface area contributed by atoms with Gasteiger partial charge in [0.05, 0.1) is 12.5 Å². The minimum atomic E-state index is -1.08. The Hall–Kier alpha value is -3.40. The van der Waals surface area contributed by atoms with Crippen molar-refractivity contribution in [2.24, 2.45) is 5.41 Å². The van der Waals surface area contributed by atoms with Crippen LogP contribution in [0.4, 0.5) is 0 Å². The van der Waals surface area contributed by atoms with E-state index in [1.807, 2.05) is 60.7 Å². The van der Waals surface area contributed by atoms with Gasteiger partial charge in [0.2, 0.25) is 0 Å². The van der Waals surface area contributed by atoms with Crippen molar-refractivity contribution >= 4 is 11.8 Å². The van der Waals surface area contributed by atoms with E-state index < -0.39 is 11.4 Å². The summed E-state index contributed by atoms with van der Waals surface area (Å²) in [5, 5.41) is 9.99. The number of hydrogen-bond donors (Lipinski definition) is 1. The number of ketones is 1. The number of rotatable bonds is 7. The van der Waals surface area contributed by atoms with Crippen molar-refractivity contribution in [2.45, 2.75) is 25.7 Å². The fraction of sp³-hybridized carbons (Fsp3) is 0.231. The highest BCUT2D eigenvalue weighted by Crippen LogP contribution is 2.41. The second-order valence-corrected chi connectivity index (χ2v) is 8.00. The van der Waals surface area contributed by atoms with E-state index >= 15 is 0 Å². The van der Waals surface area contributed by atoms with Gasteiger partial charge in [-0.3, -0.25) is 9.59 Å². The minimum absolute atomic E-state index is 0.0197. The Bertz CT molecular complexity index is 1060. The van der Waals surface area contributed by atoms with Crippen LogP contribution in [0.5, 0.6) is 5.75 Å². The summed E-state index contributed by atoms with van der Waals surface area (Å²) < 4.78 is 5.48. The number of benzene rings is 3. The summed E-state index contributed by atoms with van der Waals surface area (Å²) in [4.78, 5) is 25.4. The van der Waals surface area contributed by atoms with Crippen molar-refractivity contribution in [1.82, 2.24) is 0 Å². The molecule has 1 aliphatic rings. The van der Waals surface area contributed by atoms with E-state index in [0.717, 1.165) is 28.0 Å². The highest BCUT2D eigenvalue weighted by Gasteiger charge is 2.45. The molecule has 0 heterocycles. The number of Topliss-reactive ketones (excluding diaryl/α,β-unsaturated/α-hetero) is 1. The molecule has 4 rings (SSSR count). The SMILES string of the molecule is COc1ccc(C(=O)CC2(C(=O)O)Cc3ccccc3C2)cc1Cc1ccccc1. The van der Waals surface area contributed by atoms with Crippen molar-refractivity contribution in [3.8, 4) is 5.75 Å². The lowest BCUT2D eigenvalue weighted by molar-refractivity contribution is -0.148. The van der Waals surface area contributed by atoms with E-state index in [1.54, 1.807) is 19.2 Å². The third-order valence-electron chi connectivity index (χ3n) is 5.97. The molecule has 0 amide bonds. The number of carboxylic acid groups (broad SMARTS) is 1.